The van der Waals surface area contributed by atoms with Gasteiger partial charge in [0.25, 0.3) is 0 Å². The molecule has 1 aromatic heterocycles. The van der Waals surface area contributed by atoms with Crippen LogP contribution in [0.15, 0.2) is 60.9 Å². The van der Waals surface area contributed by atoms with E-state index in [0.717, 1.165) is 22.9 Å². The van der Waals surface area contributed by atoms with Crippen molar-refractivity contribution >= 4 is 29.5 Å². The van der Waals surface area contributed by atoms with E-state index in [1.165, 1.54) is 12.1 Å². The molecule has 1 N–H and O–H groups in total. The van der Waals surface area contributed by atoms with Crippen molar-refractivity contribution in [2.75, 3.05) is 24.5 Å². The van der Waals surface area contributed by atoms with Gasteiger partial charge < -0.3 is 14.9 Å². The van der Waals surface area contributed by atoms with Crippen LogP contribution < -0.4 is 4.90 Å². The van der Waals surface area contributed by atoms with Crippen molar-refractivity contribution in [2.45, 2.75) is 30.9 Å². The lowest BCUT2D eigenvalue weighted by atomic mass is 9.81. The zero-order chi connectivity index (χ0) is 24.6. The Hall–Kier alpha value is -3.29. The third kappa shape index (κ3) is 4.54. The normalized spacial score (nSPS) is 18.9. The molecular weight excluding hydrogens is 469 g/mol. The molecule has 8 heteroatoms. The van der Waals surface area contributed by atoms with Crippen molar-refractivity contribution in [1.82, 2.24) is 9.88 Å². The zero-order valence-electron chi connectivity index (χ0n) is 19.0. The predicted molar refractivity (Wildman–Crippen MR) is 131 cm³/mol. The SMILES string of the molecule is O=Cc1cc(F)ccc1C1(O)CCN(C(=O)C2CN(Cc3ccncc3)c3cc(Cl)ccc32)CC1. The molecule has 0 spiro atoms. The molecule has 180 valence electrons. The van der Waals surface area contributed by atoms with Gasteiger partial charge >= 0.3 is 0 Å². The average Bonchev–Trinajstić information content (AvgIpc) is 3.21. The van der Waals surface area contributed by atoms with Gasteiger partial charge in [-0.15, -0.1) is 0 Å². The molecule has 2 aliphatic heterocycles. The summed E-state index contributed by atoms with van der Waals surface area (Å²) in [6.07, 6.45) is 4.60. The van der Waals surface area contributed by atoms with Gasteiger partial charge in [-0.05, 0) is 65.9 Å². The van der Waals surface area contributed by atoms with Crippen LogP contribution in [-0.2, 0) is 16.9 Å². The van der Waals surface area contributed by atoms with Crippen LogP contribution in [0.1, 0.15) is 45.8 Å². The lowest BCUT2D eigenvalue weighted by Gasteiger charge is -2.40. The number of fused-ring (bicyclic) bond motifs is 1. The second-order valence-electron chi connectivity index (χ2n) is 9.20. The van der Waals surface area contributed by atoms with Crippen LogP contribution in [-0.4, -0.2) is 46.8 Å². The van der Waals surface area contributed by atoms with Gasteiger partial charge in [0.05, 0.1) is 11.5 Å². The first kappa shape index (κ1) is 23.5. The number of carbonyl (C=O) groups excluding carboxylic acids is 2. The Morgan fingerprint density at radius 3 is 2.60 bits per heavy atom. The molecule has 2 aromatic carbocycles. The van der Waals surface area contributed by atoms with E-state index < -0.39 is 11.4 Å². The molecule has 0 aliphatic carbocycles. The molecule has 6 nitrogen and oxygen atoms in total. The lowest BCUT2D eigenvalue weighted by Crippen LogP contribution is -2.47. The number of hydrogen-bond donors (Lipinski definition) is 1. The third-order valence-electron chi connectivity index (χ3n) is 7.08. The fourth-order valence-electron chi connectivity index (χ4n) is 5.21. The molecule has 2 aliphatic rings. The number of anilines is 1. The van der Waals surface area contributed by atoms with Crippen molar-refractivity contribution in [3.05, 3.63) is 94.0 Å². The summed E-state index contributed by atoms with van der Waals surface area (Å²) in [6.45, 7) is 1.85. The minimum absolute atomic E-state index is 0.00238. The van der Waals surface area contributed by atoms with Crippen molar-refractivity contribution < 1.29 is 19.1 Å². The first-order chi connectivity index (χ1) is 16.9. The van der Waals surface area contributed by atoms with E-state index in [-0.39, 0.29) is 30.2 Å². The van der Waals surface area contributed by atoms with E-state index in [9.17, 15) is 19.1 Å². The van der Waals surface area contributed by atoms with Crippen LogP contribution in [0.5, 0.6) is 0 Å². The molecule has 35 heavy (non-hydrogen) atoms. The van der Waals surface area contributed by atoms with Gasteiger partial charge in [-0.25, -0.2) is 4.39 Å². The Kier molecular flexibility index (Phi) is 6.30. The van der Waals surface area contributed by atoms with Crippen LogP contribution in [0.4, 0.5) is 10.1 Å². The average molecular weight is 494 g/mol. The number of likely N-dealkylation sites (tertiary alicyclic amines) is 1. The van der Waals surface area contributed by atoms with Crippen molar-refractivity contribution in [3.8, 4) is 0 Å². The van der Waals surface area contributed by atoms with Gasteiger partial charge in [0.1, 0.15) is 5.82 Å². The van der Waals surface area contributed by atoms with Crippen LogP contribution in [0.25, 0.3) is 0 Å². The number of aliphatic hydroxyl groups is 1. The highest BCUT2D eigenvalue weighted by molar-refractivity contribution is 6.31. The highest BCUT2D eigenvalue weighted by atomic mass is 35.5. The number of piperidine rings is 1. The quantitative estimate of drug-likeness (QED) is 0.536. The highest BCUT2D eigenvalue weighted by Crippen LogP contribution is 2.41. The summed E-state index contributed by atoms with van der Waals surface area (Å²) in [4.78, 5) is 33.1. The number of aldehydes is 1. The van der Waals surface area contributed by atoms with Crippen LogP contribution >= 0.6 is 11.6 Å². The van der Waals surface area contributed by atoms with E-state index >= 15 is 0 Å². The molecule has 0 radical (unpaired) electrons. The second kappa shape index (κ2) is 9.40. The standard InChI is InChI=1S/C27H25ClFN3O3/c28-20-1-3-22-23(16-32(25(22)14-20)15-18-5-9-30-10-6-18)26(34)31-11-7-27(35,8-12-31)24-4-2-21(29)13-19(24)17-33/h1-6,9-10,13-14,17,23,35H,7-8,11-12,15-16H2. The summed E-state index contributed by atoms with van der Waals surface area (Å²) in [6, 6.07) is 13.4. The Morgan fingerprint density at radius 1 is 1.14 bits per heavy atom. The fourth-order valence-corrected chi connectivity index (χ4v) is 5.38. The van der Waals surface area contributed by atoms with Gasteiger partial charge in [0.15, 0.2) is 6.29 Å². The fraction of sp³-hybridized carbons (Fsp3) is 0.296. The Labute approximate surface area is 208 Å². The summed E-state index contributed by atoms with van der Waals surface area (Å²) in [5.74, 6) is -0.863. The highest BCUT2D eigenvalue weighted by Gasteiger charge is 2.41. The molecule has 1 fully saturated rings. The lowest BCUT2D eigenvalue weighted by molar-refractivity contribution is -0.137. The number of benzene rings is 2. The van der Waals surface area contributed by atoms with E-state index in [2.05, 4.69) is 9.88 Å². The second-order valence-corrected chi connectivity index (χ2v) is 9.63. The van der Waals surface area contributed by atoms with E-state index in [0.29, 0.717) is 43.1 Å². The first-order valence-electron chi connectivity index (χ1n) is 11.6. The summed E-state index contributed by atoms with van der Waals surface area (Å²) >= 11 is 6.28. The molecular formula is C27H25ClFN3O3. The molecule has 0 saturated carbocycles. The predicted octanol–water partition coefficient (Wildman–Crippen LogP) is 4.30. The number of halogens is 2. The molecule has 1 atom stereocenters. The molecule has 0 bridgehead atoms. The van der Waals surface area contributed by atoms with Crippen molar-refractivity contribution in [2.24, 2.45) is 0 Å². The van der Waals surface area contributed by atoms with Gasteiger partial charge in [-0.1, -0.05) is 23.7 Å². The number of amides is 1. The smallest absolute Gasteiger partial charge is 0.231 e. The Balaban J connectivity index is 1.33. The maximum Gasteiger partial charge on any atom is 0.231 e. The first-order valence-corrected chi connectivity index (χ1v) is 12.0. The van der Waals surface area contributed by atoms with Crippen LogP contribution in [0.3, 0.4) is 0 Å². The van der Waals surface area contributed by atoms with Gasteiger partial charge in [0.2, 0.25) is 5.91 Å². The molecule has 3 heterocycles. The molecule has 1 amide bonds. The topological polar surface area (TPSA) is 73.7 Å². The minimum atomic E-state index is -1.28. The number of hydrogen-bond acceptors (Lipinski definition) is 5. The van der Waals surface area contributed by atoms with E-state index in [1.807, 2.05) is 24.3 Å². The van der Waals surface area contributed by atoms with Gasteiger partial charge in [0, 0.05) is 54.8 Å². The zero-order valence-corrected chi connectivity index (χ0v) is 19.8. The monoisotopic (exact) mass is 493 g/mol. The van der Waals surface area contributed by atoms with Gasteiger partial charge in [-0.2, -0.15) is 0 Å². The summed E-state index contributed by atoms with van der Waals surface area (Å²) < 4.78 is 13.6. The number of aromatic nitrogens is 1. The number of nitrogens with zero attached hydrogens (tertiary/aromatic N) is 3. The Bertz CT molecular complexity index is 1260. The van der Waals surface area contributed by atoms with Gasteiger partial charge in [-0.3, -0.25) is 14.6 Å². The van der Waals surface area contributed by atoms with Crippen molar-refractivity contribution in [3.63, 3.8) is 0 Å². The van der Waals surface area contributed by atoms with Crippen LogP contribution in [0.2, 0.25) is 5.02 Å². The molecule has 5 rings (SSSR count). The van der Waals surface area contributed by atoms with Crippen LogP contribution in [0, 0.1) is 5.82 Å². The molecule has 1 saturated heterocycles. The molecule has 3 aromatic rings. The number of rotatable bonds is 5. The summed E-state index contributed by atoms with van der Waals surface area (Å²) in [7, 11) is 0. The van der Waals surface area contributed by atoms with E-state index in [1.54, 1.807) is 23.4 Å². The molecule has 1 unspecified atom stereocenters. The number of carbonyl (C=O) groups is 2. The van der Waals surface area contributed by atoms with Crippen molar-refractivity contribution in [1.29, 1.82) is 0 Å². The third-order valence-corrected chi connectivity index (χ3v) is 7.31. The maximum absolute atomic E-state index is 13.6. The Morgan fingerprint density at radius 2 is 1.89 bits per heavy atom. The summed E-state index contributed by atoms with van der Waals surface area (Å²) in [5.41, 5.74) is 2.24. The summed E-state index contributed by atoms with van der Waals surface area (Å²) in [5, 5.41) is 11.9. The largest absolute Gasteiger partial charge is 0.385 e. The maximum atomic E-state index is 13.6. The number of pyridine rings is 1. The minimum Gasteiger partial charge on any atom is -0.385 e. The van der Waals surface area contributed by atoms with E-state index in [4.69, 9.17) is 11.6 Å².